The first kappa shape index (κ1) is 13.6. The van der Waals surface area contributed by atoms with Gasteiger partial charge in [0.05, 0.1) is 0 Å². The van der Waals surface area contributed by atoms with Crippen LogP contribution in [0, 0.1) is 0 Å². The van der Waals surface area contributed by atoms with Crippen LogP contribution in [0.25, 0.3) is 0 Å². The van der Waals surface area contributed by atoms with Gasteiger partial charge in [-0.3, -0.25) is 0 Å². The molecule has 2 rings (SSSR count). The standard InChI is InChI=1S/C15H27N3/c1-3-16-14(2)15-7-10-18(13-15)12-11-17-8-5-4-6-9-17/h7,10,13-14,16H,3-6,8-9,11-12H2,1-2H3. The Morgan fingerprint density at radius 1 is 1.22 bits per heavy atom. The van der Waals surface area contributed by atoms with Gasteiger partial charge >= 0.3 is 0 Å². The second-order valence-corrected chi connectivity index (χ2v) is 5.36. The van der Waals surface area contributed by atoms with Gasteiger partial charge in [-0.1, -0.05) is 13.3 Å². The molecule has 2 heterocycles. The van der Waals surface area contributed by atoms with Crippen LogP contribution in [0.5, 0.6) is 0 Å². The minimum absolute atomic E-state index is 0.464. The van der Waals surface area contributed by atoms with Gasteiger partial charge in [0.1, 0.15) is 0 Å². The van der Waals surface area contributed by atoms with Gasteiger partial charge in [0.2, 0.25) is 0 Å². The van der Waals surface area contributed by atoms with Crippen molar-refractivity contribution in [3.63, 3.8) is 0 Å². The van der Waals surface area contributed by atoms with E-state index in [0.717, 1.165) is 13.1 Å². The number of nitrogens with zero attached hydrogens (tertiary/aromatic N) is 2. The van der Waals surface area contributed by atoms with E-state index in [4.69, 9.17) is 0 Å². The molecular formula is C15H27N3. The van der Waals surface area contributed by atoms with Crippen LogP contribution in [0.1, 0.15) is 44.7 Å². The molecule has 3 heteroatoms. The van der Waals surface area contributed by atoms with E-state index in [2.05, 4.69) is 47.1 Å². The van der Waals surface area contributed by atoms with E-state index in [1.165, 1.54) is 44.5 Å². The molecule has 1 N–H and O–H groups in total. The normalized spacial score (nSPS) is 19.0. The van der Waals surface area contributed by atoms with E-state index >= 15 is 0 Å². The topological polar surface area (TPSA) is 20.2 Å². The Morgan fingerprint density at radius 3 is 2.72 bits per heavy atom. The summed E-state index contributed by atoms with van der Waals surface area (Å²) >= 11 is 0. The van der Waals surface area contributed by atoms with Crippen LogP contribution in [-0.4, -0.2) is 35.6 Å². The average molecular weight is 249 g/mol. The highest BCUT2D eigenvalue weighted by molar-refractivity contribution is 5.14. The second-order valence-electron chi connectivity index (χ2n) is 5.36. The van der Waals surface area contributed by atoms with Crippen molar-refractivity contribution in [2.24, 2.45) is 0 Å². The zero-order valence-corrected chi connectivity index (χ0v) is 11.9. The lowest BCUT2D eigenvalue weighted by Gasteiger charge is -2.26. The molecule has 1 atom stereocenters. The van der Waals surface area contributed by atoms with Crippen molar-refractivity contribution in [2.75, 3.05) is 26.2 Å². The predicted molar refractivity (Wildman–Crippen MR) is 76.8 cm³/mol. The van der Waals surface area contributed by atoms with Gasteiger partial charge in [-0.25, -0.2) is 0 Å². The van der Waals surface area contributed by atoms with Gasteiger partial charge in [-0.2, -0.15) is 0 Å². The fourth-order valence-electron chi connectivity index (χ4n) is 2.72. The number of likely N-dealkylation sites (tertiary alicyclic amines) is 1. The highest BCUT2D eigenvalue weighted by Gasteiger charge is 2.10. The first-order chi connectivity index (χ1) is 8.79. The van der Waals surface area contributed by atoms with Gasteiger partial charge in [0, 0.05) is 31.5 Å². The first-order valence-corrected chi connectivity index (χ1v) is 7.41. The molecule has 1 aliphatic heterocycles. The summed E-state index contributed by atoms with van der Waals surface area (Å²) in [5, 5.41) is 3.46. The number of piperidine rings is 1. The van der Waals surface area contributed by atoms with Crippen molar-refractivity contribution in [3.05, 3.63) is 24.0 Å². The number of hydrogen-bond acceptors (Lipinski definition) is 2. The maximum absolute atomic E-state index is 3.46. The van der Waals surface area contributed by atoms with E-state index in [1.807, 2.05) is 0 Å². The Bertz CT molecular complexity index is 339. The Balaban J connectivity index is 1.79. The molecule has 1 aromatic heterocycles. The quantitative estimate of drug-likeness (QED) is 0.836. The van der Waals surface area contributed by atoms with Crippen LogP contribution in [0.2, 0.25) is 0 Å². The predicted octanol–water partition coefficient (Wildman–Crippen LogP) is 2.64. The van der Waals surface area contributed by atoms with E-state index in [9.17, 15) is 0 Å². The summed E-state index contributed by atoms with van der Waals surface area (Å²) < 4.78 is 2.33. The van der Waals surface area contributed by atoms with E-state index in [-0.39, 0.29) is 0 Å². The SMILES string of the molecule is CCNC(C)c1ccn(CCN2CCCCC2)c1. The molecule has 0 aromatic carbocycles. The lowest BCUT2D eigenvalue weighted by molar-refractivity contribution is 0.221. The molecule has 102 valence electrons. The van der Waals surface area contributed by atoms with Crippen molar-refractivity contribution in [3.8, 4) is 0 Å². The molecule has 1 aliphatic rings. The van der Waals surface area contributed by atoms with E-state index < -0.39 is 0 Å². The minimum atomic E-state index is 0.464. The third kappa shape index (κ3) is 3.85. The van der Waals surface area contributed by atoms with Crippen LogP contribution in [0.15, 0.2) is 18.5 Å². The van der Waals surface area contributed by atoms with Crippen LogP contribution in [0.4, 0.5) is 0 Å². The van der Waals surface area contributed by atoms with Crippen molar-refractivity contribution < 1.29 is 0 Å². The first-order valence-electron chi connectivity index (χ1n) is 7.41. The van der Waals surface area contributed by atoms with Crippen molar-refractivity contribution in [2.45, 2.75) is 45.7 Å². The number of rotatable bonds is 6. The Morgan fingerprint density at radius 2 is 2.00 bits per heavy atom. The zero-order valence-electron chi connectivity index (χ0n) is 11.9. The third-order valence-electron chi connectivity index (χ3n) is 3.91. The smallest absolute Gasteiger partial charge is 0.0347 e. The Kier molecular flexibility index (Phi) is 5.26. The third-order valence-corrected chi connectivity index (χ3v) is 3.91. The fourth-order valence-corrected chi connectivity index (χ4v) is 2.72. The van der Waals surface area contributed by atoms with Crippen LogP contribution < -0.4 is 5.32 Å². The van der Waals surface area contributed by atoms with E-state index in [0.29, 0.717) is 6.04 Å². The largest absolute Gasteiger partial charge is 0.353 e. The lowest BCUT2D eigenvalue weighted by atomic mass is 10.1. The molecule has 1 fully saturated rings. The molecule has 0 spiro atoms. The second kappa shape index (κ2) is 6.95. The summed E-state index contributed by atoms with van der Waals surface area (Å²) in [5.41, 5.74) is 1.40. The highest BCUT2D eigenvalue weighted by atomic mass is 15.1. The fraction of sp³-hybridized carbons (Fsp3) is 0.733. The Labute approximate surface area is 111 Å². The molecule has 0 radical (unpaired) electrons. The van der Waals surface area contributed by atoms with Crippen molar-refractivity contribution >= 4 is 0 Å². The number of hydrogen-bond donors (Lipinski definition) is 1. The summed E-state index contributed by atoms with van der Waals surface area (Å²) in [6, 6.07) is 2.70. The monoisotopic (exact) mass is 249 g/mol. The van der Waals surface area contributed by atoms with E-state index in [1.54, 1.807) is 0 Å². The van der Waals surface area contributed by atoms with Gasteiger partial charge < -0.3 is 14.8 Å². The van der Waals surface area contributed by atoms with Crippen molar-refractivity contribution in [1.82, 2.24) is 14.8 Å². The van der Waals surface area contributed by atoms with Gasteiger partial charge in [-0.15, -0.1) is 0 Å². The van der Waals surface area contributed by atoms with Crippen LogP contribution in [0.3, 0.4) is 0 Å². The summed E-state index contributed by atoms with van der Waals surface area (Å²) in [4.78, 5) is 2.59. The molecule has 3 nitrogen and oxygen atoms in total. The molecule has 1 aromatic rings. The summed E-state index contributed by atoms with van der Waals surface area (Å²) in [6.07, 6.45) is 8.69. The molecule has 0 amide bonds. The van der Waals surface area contributed by atoms with Crippen molar-refractivity contribution in [1.29, 1.82) is 0 Å². The van der Waals surface area contributed by atoms with Crippen LogP contribution >= 0.6 is 0 Å². The van der Waals surface area contributed by atoms with Gasteiger partial charge in [0.15, 0.2) is 0 Å². The van der Waals surface area contributed by atoms with Gasteiger partial charge in [0.25, 0.3) is 0 Å². The van der Waals surface area contributed by atoms with Crippen LogP contribution in [-0.2, 0) is 6.54 Å². The number of aromatic nitrogens is 1. The summed E-state index contributed by atoms with van der Waals surface area (Å²) in [7, 11) is 0. The molecule has 0 bridgehead atoms. The molecule has 1 saturated heterocycles. The molecule has 18 heavy (non-hydrogen) atoms. The highest BCUT2D eigenvalue weighted by Crippen LogP contribution is 2.13. The lowest BCUT2D eigenvalue weighted by Crippen LogP contribution is -2.32. The minimum Gasteiger partial charge on any atom is -0.353 e. The Hall–Kier alpha value is -0.800. The molecular weight excluding hydrogens is 222 g/mol. The molecule has 0 aliphatic carbocycles. The zero-order chi connectivity index (χ0) is 12.8. The van der Waals surface area contributed by atoms with Gasteiger partial charge in [-0.05, 0) is 51.0 Å². The maximum atomic E-state index is 3.46. The number of nitrogens with one attached hydrogen (secondary N) is 1. The summed E-state index contributed by atoms with van der Waals surface area (Å²) in [5.74, 6) is 0. The molecule has 0 saturated carbocycles. The maximum Gasteiger partial charge on any atom is 0.0347 e. The average Bonchev–Trinajstić information content (AvgIpc) is 2.87. The summed E-state index contributed by atoms with van der Waals surface area (Å²) in [6.45, 7) is 10.3. The molecule has 1 unspecified atom stereocenters.